The Bertz CT molecular complexity index is 143. The first kappa shape index (κ1) is 15.3. The molecule has 0 spiro atoms. The van der Waals surface area contributed by atoms with Crippen molar-refractivity contribution in [3.63, 3.8) is 0 Å². The van der Waals surface area contributed by atoms with Crippen molar-refractivity contribution < 1.29 is 14.8 Å². The van der Waals surface area contributed by atoms with Crippen LogP contribution in [0.3, 0.4) is 0 Å². The van der Waals surface area contributed by atoms with Gasteiger partial charge in [-0.15, -0.1) is 0 Å². The molecule has 0 amide bonds. The minimum absolute atomic E-state index is 0.642. The van der Waals surface area contributed by atoms with Crippen LogP contribution in [0.4, 0.5) is 0 Å². The van der Waals surface area contributed by atoms with Gasteiger partial charge in [0.15, 0.2) is 0 Å². The minimum Gasteiger partial charge on any atom is -0.206 e. The van der Waals surface area contributed by atoms with Gasteiger partial charge in [0.25, 0.3) is 0 Å². The summed E-state index contributed by atoms with van der Waals surface area (Å²) in [6, 6.07) is 2.20. The van der Waals surface area contributed by atoms with E-state index in [1.54, 1.807) is 0 Å². The molecule has 92 valence electrons. The van der Waals surface area contributed by atoms with Gasteiger partial charge in [0, 0.05) is 16.1 Å². The molecule has 0 saturated carbocycles. The Balaban J connectivity index is 3.20. The highest BCUT2D eigenvalue weighted by molar-refractivity contribution is 6.76. The zero-order valence-electron chi connectivity index (χ0n) is 11.1. The highest BCUT2D eigenvalue weighted by Gasteiger charge is 2.13. The molecule has 0 aliphatic heterocycles. The van der Waals surface area contributed by atoms with E-state index in [4.69, 9.17) is 9.78 Å². The minimum atomic E-state index is -1.01. The highest BCUT2D eigenvalue weighted by atomic mass is 28.3. The fraction of sp³-hybridized carbons (Fsp3) is 1.00. The molecule has 0 unspecified atom stereocenters. The number of hydrogen-bond donors (Lipinski definition) is 0. The van der Waals surface area contributed by atoms with E-state index in [2.05, 4.69) is 44.3 Å². The van der Waals surface area contributed by atoms with Crippen molar-refractivity contribution in [2.45, 2.75) is 51.4 Å². The quantitative estimate of drug-likeness (QED) is 0.285. The molecule has 0 rings (SSSR count). The molecule has 0 N–H and O–H groups in total. The summed E-state index contributed by atoms with van der Waals surface area (Å²) in [5.41, 5.74) is 0. The van der Waals surface area contributed by atoms with Gasteiger partial charge in [-0.3, -0.25) is 0 Å². The molecular weight excluding hydrogens is 224 g/mol. The van der Waals surface area contributed by atoms with Gasteiger partial charge in [-0.2, -0.15) is 0 Å². The SMILES string of the molecule is C[Si](C)(C)CCOOOCC[Si](C)(C)C. The molecule has 0 aromatic carbocycles. The zero-order valence-corrected chi connectivity index (χ0v) is 13.1. The molecule has 0 aliphatic carbocycles. The van der Waals surface area contributed by atoms with Crippen LogP contribution in [0.15, 0.2) is 0 Å². The first-order valence-electron chi connectivity index (χ1n) is 5.62. The predicted octanol–water partition coefficient (Wildman–Crippen LogP) is 3.54. The van der Waals surface area contributed by atoms with Crippen LogP contribution in [0.25, 0.3) is 0 Å². The number of rotatable bonds is 8. The molecule has 0 aromatic rings. The average molecular weight is 250 g/mol. The zero-order chi connectivity index (χ0) is 11.9. The Morgan fingerprint density at radius 2 is 1.00 bits per heavy atom. The molecule has 0 aliphatic rings. The topological polar surface area (TPSA) is 27.7 Å². The van der Waals surface area contributed by atoms with Crippen molar-refractivity contribution in [1.29, 1.82) is 0 Å². The smallest absolute Gasteiger partial charge is 0.0830 e. The van der Waals surface area contributed by atoms with E-state index in [-0.39, 0.29) is 0 Å². The van der Waals surface area contributed by atoms with Crippen LogP contribution in [0.5, 0.6) is 0 Å². The van der Waals surface area contributed by atoms with Crippen LogP contribution < -0.4 is 0 Å². The summed E-state index contributed by atoms with van der Waals surface area (Å²) in [6.07, 6.45) is 0. The van der Waals surface area contributed by atoms with Crippen molar-refractivity contribution in [3.8, 4) is 0 Å². The molecule has 0 aromatic heterocycles. The molecule has 15 heavy (non-hydrogen) atoms. The molecule has 0 fully saturated rings. The Hall–Kier alpha value is 0.314. The van der Waals surface area contributed by atoms with Crippen molar-refractivity contribution in [1.82, 2.24) is 0 Å². The van der Waals surface area contributed by atoms with Gasteiger partial charge in [0.1, 0.15) is 0 Å². The molecule has 0 atom stereocenters. The summed E-state index contributed by atoms with van der Waals surface area (Å²) in [5.74, 6) is 0. The summed E-state index contributed by atoms with van der Waals surface area (Å²) >= 11 is 0. The van der Waals surface area contributed by atoms with E-state index in [1.807, 2.05) is 0 Å². The van der Waals surface area contributed by atoms with Gasteiger partial charge in [0.2, 0.25) is 0 Å². The van der Waals surface area contributed by atoms with E-state index in [0.717, 1.165) is 12.1 Å². The Morgan fingerprint density at radius 1 is 0.667 bits per heavy atom. The van der Waals surface area contributed by atoms with Crippen molar-refractivity contribution in [2.75, 3.05) is 13.2 Å². The third-order valence-electron chi connectivity index (χ3n) is 1.97. The van der Waals surface area contributed by atoms with Crippen LogP contribution >= 0.6 is 0 Å². The normalized spacial score (nSPS) is 13.2. The summed E-state index contributed by atoms with van der Waals surface area (Å²) < 4.78 is 0. The first-order chi connectivity index (χ1) is 6.71. The summed E-state index contributed by atoms with van der Waals surface area (Å²) in [6.45, 7) is 15.1. The largest absolute Gasteiger partial charge is 0.206 e. The summed E-state index contributed by atoms with van der Waals surface area (Å²) in [5, 5.41) is 4.67. The molecule has 0 radical (unpaired) electrons. The van der Waals surface area contributed by atoms with Gasteiger partial charge in [-0.1, -0.05) is 44.3 Å². The second kappa shape index (κ2) is 6.80. The lowest BCUT2D eigenvalue weighted by Crippen LogP contribution is -2.23. The van der Waals surface area contributed by atoms with Crippen molar-refractivity contribution >= 4 is 16.1 Å². The van der Waals surface area contributed by atoms with Gasteiger partial charge < -0.3 is 0 Å². The fourth-order valence-corrected chi connectivity index (χ4v) is 2.19. The Kier molecular flexibility index (Phi) is 6.94. The second-order valence-electron chi connectivity index (χ2n) is 6.33. The Morgan fingerprint density at radius 3 is 1.27 bits per heavy atom. The van der Waals surface area contributed by atoms with E-state index < -0.39 is 16.1 Å². The van der Waals surface area contributed by atoms with Crippen LogP contribution in [-0.4, -0.2) is 29.4 Å². The van der Waals surface area contributed by atoms with Crippen LogP contribution in [0.1, 0.15) is 0 Å². The van der Waals surface area contributed by atoms with E-state index >= 15 is 0 Å². The Labute approximate surface area is 96.0 Å². The maximum Gasteiger partial charge on any atom is 0.0830 e. The monoisotopic (exact) mass is 250 g/mol. The van der Waals surface area contributed by atoms with Gasteiger partial charge in [0.05, 0.1) is 13.2 Å². The van der Waals surface area contributed by atoms with Gasteiger partial charge >= 0.3 is 0 Å². The van der Waals surface area contributed by atoms with E-state index in [9.17, 15) is 0 Å². The lowest BCUT2D eigenvalue weighted by atomic mass is 10.9. The van der Waals surface area contributed by atoms with Crippen molar-refractivity contribution in [3.05, 3.63) is 0 Å². The highest BCUT2D eigenvalue weighted by Crippen LogP contribution is 2.09. The second-order valence-corrected chi connectivity index (χ2v) is 17.6. The lowest BCUT2D eigenvalue weighted by Gasteiger charge is -2.15. The van der Waals surface area contributed by atoms with Crippen LogP contribution in [0.2, 0.25) is 51.4 Å². The predicted molar refractivity (Wildman–Crippen MR) is 69.3 cm³/mol. The van der Waals surface area contributed by atoms with E-state index in [0.29, 0.717) is 13.2 Å². The lowest BCUT2D eigenvalue weighted by molar-refractivity contribution is -0.509. The van der Waals surface area contributed by atoms with Gasteiger partial charge in [-0.05, 0) is 12.1 Å². The fourth-order valence-electron chi connectivity index (χ4n) is 0.798. The average Bonchev–Trinajstić information content (AvgIpc) is 1.98. The standard InChI is InChI=1S/C10H26O3Si2/c1-14(2,3)9-7-11-13-12-8-10-15(4,5)6/h7-10H2,1-6H3. The molecule has 0 heterocycles. The van der Waals surface area contributed by atoms with Crippen LogP contribution in [-0.2, 0) is 14.8 Å². The molecule has 0 saturated heterocycles. The summed E-state index contributed by atoms with van der Waals surface area (Å²) in [4.78, 5) is 9.90. The molecular formula is C10H26O3Si2. The molecule has 5 heteroatoms. The van der Waals surface area contributed by atoms with Crippen molar-refractivity contribution in [2.24, 2.45) is 0 Å². The maximum atomic E-state index is 4.95. The number of hydrogen-bond acceptors (Lipinski definition) is 3. The molecule has 3 nitrogen and oxygen atoms in total. The third kappa shape index (κ3) is 14.3. The van der Waals surface area contributed by atoms with E-state index in [1.165, 1.54) is 0 Å². The molecule has 0 bridgehead atoms. The first-order valence-corrected chi connectivity index (χ1v) is 13.0. The van der Waals surface area contributed by atoms with Gasteiger partial charge in [-0.25, -0.2) is 9.78 Å². The van der Waals surface area contributed by atoms with Crippen LogP contribution in [0, 0.1) is 0 Å². The summed E-state index contributed by atoms with van der Waals surface area (Å²) in [7, 11) is -2.02. The maximum absolute atomic E-state index is 4.95. The third-order valence-corrected chi connectivity index (χ3v) is 5.38.